The molecule has 2 nitrogen and oxygen atoms in total. The Labute approximate surface area is 73.1 Å². The van der Waals surface area contributed by atoms with Gasteiger partial charge in [0, 0.05) is 11.6 Å². The zero-order chi connectivity index (χ0) is 8.81. The first kappa shape index (κ1) is 8.72. The van der Waals surface area contributed by atoms with E-state index < -0.39 is 0 Å². The third-order valence-electron chi connectivity index (χ3n) is 1.41. The monoisotopic (exact) mass is 156 g/mol. The minimum absolute atomic E-state index is 0.998. The Kier molecular flexibility index (Phi) is 3.26. The van der Waals surface area contributed by atoms with Gasteiger partial charge >= 0.3 is 0 Å². The van der Waals surface area contributed by atoms with Crippen LogP contribution >= 0.6 is 0 Å². The predicted octanol–water partition coefficient (Wildman–Crippen LogP) is 1.83. The summed E-state index contributed by atoms with van der Waals surface area (Å²) in [5.41, 5.74) is 0.998. The van der Waals surface area contributed by atoms with Gasteiger partial charge in [0.25, 0.3) is 0 Å². The fraction of sp³-hybridized carbons (Fsp3) is 0.111. The number of fused-ring (bicyclic) bond motifs is 1. The first-order valence-electron chi connectivity index (χ1n) is 3.69. The molecule has 0 aliphatic rings. The summed E-state index contributed by atoms with van der Waals surface area (Å²) >= 11 is 0. The van der Waals surface area contributed by atoms with Crippen molar-refractivity contribution in [3.63, 3.8) is 0 Å². The van der Waals surface area contributed by atoms with E-state index in [-0.39, 0.29) is 0 Å². The first-order valence-corrected chi connectivity index (χ1v) is 3.69. The van der Waals surface area contributed by atoms with Crippen molar-refractivity contribution < 1.29 is 0 Å². The zero-order valence-electron chi connectivity index (χ0n) is 6.94. The second-order valence-electron chi connectivity index (χ2n) is 2.08. The second-order valence-corrected chi connectivity index (χ2v) is 2.08. The van der Waals surface area contributed by atoms with Gasteiger partial charge in [-0.2, -0.15) is 0 Å². The van der Waals surface area contributed by atoms with Crippen LogP contribution in [-0.2, 0) is 0 Å². The highest BCUT2D eigenvalue weighted by atomic mass is 14.8. The molecule has 0 atom stereocenters. The summed E-state index contributed by atoms with van der Waals surface area (Å²) in [5.74, 6) is 0. The van der Waals surface area contributed by atoms with E-state index in [2.05, 4.69) is 17.8 Å². The third-order valence-corrected chi connectivity index (χ3v) is 1.41. The Hall–Kier alpha value is -1.38. The van der Waals surface area contributed by atoms with Gasteiger partial charge < -0.3 is 0 Å². The number of hydrogen-bond acceptors (Lipinski definition) is 2. The average molecular weight is 156 g/mol. The highest BCUT2D eigenvalue weighted by molar-refractivity contribution is 6.05. The SMILES string of the molecule is [B]C.c1ccc2ncncc2c1. The van der Waals surface area contributed by atoms with E-state index in [1.807, 2.05) is 30.5 Å². The fourth-order valence-corrected chi connectivity index (χ4v) is 0.923. The molecular formula is C9H9BN2. The number of aromatic nitrogens is 2. The van der Waals surface area contributed by atoms with E-state index in [9.17, 15) is 0 Å². The van der Waals surface area contributed by atoms with Crippen molar-refractivity contribution in [1.82, 2.24) is 9.97 Å². The molecule has 2 rings (SSSR count). The van der Waals surface area contributed by atoms with Gasteiger partial charge in [0.1, 0.15) is 6.33 Å². The van der Waals surface area contributed by atoms with Crippen LogP contribution in [0.4, 0.5) is 0 Å². The van der Waals surface area contributed by atoms with Gasteiger partial charge in [-0.15, -0.1) is 0 Å². The van der Waals surface area contributed by atoms with Crippen molar-refractivity contribution >= 4 is 18.7 Å². The summed E-state index contributed by atoms with van der Waals surface area (Å²) in [6, 6.07) is 7.91. The molecule has 0 unspecified atom stereocenters. The lowest BCUT2D eigenvalue weighted by Gasteiger charge is -1.90. The highest BCUT2D eigenvalue weighted by Crippen LogP contribution is 2.06. The van der Waals surface area contributed by atoms with Crippen LogP contribution in [0.3, 0.4) is 0 Å². The molecule has 1 aromatic heterocycles. The summed E-state index contributed by atoms with van der Waals surface area (Å²) in [4.78, 5) is 7.97. The third kappa shape index (κ3) is 1.81. The molecule has 0 amide bonds. The van der Waals surface area contributed by atoms with Gasteiger partial charge in [0.2, 0.25) is 0 Å². The summed E-state index contributed by atoms with van der Waals surface area (Å²) < 4.78 is 0. The Bertz CT molecular complexity index is 284. The molecule has 0 saturated carbocycles. The Balaban J connectivity index is 0.000000336. The van der Waals surface area contributed by atoms with Crippen molar-refractivity contribution in [2.45, 2.75) is 6.82 Å². The Morgan fingerprint density at radius 2 is 1.92 bits per heavy atom. The summed E-state index contributed by atoms with van der Waals surface area (Å²) in [6.07, 6.45) is 3.37. The lowest BCUT2D eigenvalue weighted by Crippen LogP contribution is -1.77. The van der Waals surface area contributed by atoms with Crippen LogP contribution in [0.1, 0.15) is 0 Å². The summed E-state index contributed by atoms with van der Waals surface area (Å²) in [7, 11) is 4.50. The molecule has 0 N–H and O–H groups in total. The molecule has 2 aromatic rings. The quantitative estimate of drug-likeness (QED) is 0.543. The van der Waals surface area contributed by atoms with E-state index in [1.54, 1.807) is 6.33 Å². The molecule has 0 fully saturated rings. The van der Waals surface area contributed by atoms with Crippen LogP contribution in [0.2, 0.25) is 6.82 Å². The lowest BCUT2D eigenvalue weighted by molar-refractivity contribution is 1.22. The molecule has 0 aliphatic heterocycles. The number of para-hydroxylation sites is 1. The summed E-state index contributed by atoms with van der Waals surface area (Å²) in [5, 5.41) is 1.09. The van der Waals surface area contributed by atoms with Gasteiger partial charge in [-0.3, -0.25) is 0 Å². The van der Waals surface area contributed by atoms with E-state index in [0.717, 1.165) is 10.9 Å². The smallest absolute Gasteiger partial charge is 0.116 e. The predicted molar refractivity (Wildman–Crippen MR) is 51.2 cm³/mol. The maximum absolute atomic E-state index is 4.50. The average Bonchev–Trinajstić information content (AvgIpc) is 2.21. The van der Waals surface area contributed by atoms with E-state index in [0.29, 0.717) is 0 Å². The van der Waals surface area contributed by atoms with E-state index >= 15 is 0 Å². The van der Waals surface area contributed by atoms with Crippen molar-refractivity contribution in [3.05, 3.63) is 36.8 Å². The van der Waals surface area contributed by atoms with E-state index in [4.69, 9.17) is 0 Å². The fourth-order valence-electron chi connectivity index (χ4n) is 0.923. The molecule has 0 bridgehead atoms. The van der Waals surface area contributed by atoms with Gasteiger partial charge in [0.15, 0.2) is 0 Å². The maximum atomic E-state index is 4.50. The van der Waals surface area contributed by atoms with Gasteiger partial charge in [0.05, 0.1) is 13.4 Å². The van der Waals surface area contributed by atoms with Crippen LogP contribution in [0, 0.1) is 0 Å². The minimum Gasteiger partial charge on any atom is -0.244 e. The van der Waals surface area contributed by atoms with Crippen molar-refractivity contribution in [2.24, 2.45) is 0 Å². The van der Waals surface area contributed by atoms with Crippen LogP contribution < -0.4 is 0 Å². The zero-order valence-corrected chi connectivity index (χ0v) is 6.94. The van der Waals surface area contributed by atoms with Crippen LogP contribution in [-0.4, -0.2) is 17.8 Å². The van der Waals surface area contributed by atoms with Crippen LogP contribution in [0.15, 0.2) is 36.8 Å². The number of rotatable bonds is 0. The van der Waals surface area contributed by atoms with E-state index in [1.165, 1.54) is 6.82 Å². The van der Waals surface area contributed by atoms with Crippen molar-refractivity contribution in [3.8, 4) is 0 Å². The van der Waals surface area contributed by atoms with Gasteiger partial charge in [-0.1, -0.05) is 25.0 Å². The highest BCUT2D eigenvalue weighted by Gasteiger charge is 1.87. The molecule has 2 radical (unpaired) electrons. The van der Waals surface area contributed by atoms with Crippen molar-refractivity contribution in [2.75, 3.05) is 0 Å². The van der Waals surface area contributed by atoms with Gasteiger partial charge in [-0.05, 0) is 6.07 Å². The topological polar surface area (TPSA) is 25.8 Å². The number of benzene rings is 1. The molecule has 0 saturated heterocycles. The standard InChI is InChI=1S/C8H6N2.CH3B/c1-2-4-8-7(3-1)5-9-6-10-8;1-2/h1-6H;1H3. The minimum atomic E-state index is 0.998. The van der Waals surface area contributed by atoms with Crippen molar-refractivity contribution in [1.29, 1.82) is 0 Å². The van der Waals surface area contributed by atoms with Crippen LogP contribution in [0.25, 0.3) is 10.9 Å². The summed E-state index contributed by atoms with van der Waals surface area (Å²) in [6.45, 7) is 1.50. The molecular weight excluding hydrogens is 147 g/mol. The molecule has 0 aliphatic carbocycles. The number of nitrogens with zero attached hydrogens (tertiary/aromatic N) is 2. The molecule has 0 spiro atoms. The molecule has 12 heavy (non-hydrogen) atoms. The normalized spacial score (nSPS) is 8.75. The first-order chi connectivity index (χ1) is 5.97. The Morgan fingerprint density at radius 1 is 1.17 bits per heavy atom. The second kappa shape index (κ2) is 4.49. The Morgan fingerprint density at radius 3 is 2.67 bits per heavy atom. The maximum Gasteiger partial charge on any atom is 0.116 e. The largest absolute Gasteiger partial charge is 0.244 e. The molecule has 3 heteroatoms. The van der Waals surface area contributed by atoms with Crippen LogP contribution in [0.5, 0.6) is 0 Å². The molecule has 1 aromatic carbocycles. The molecule has 1 heterocycles. The lowest BCUT2D eigenvalue weighted by atomic mass is 10.2. The van der Waals surface area contributed by atoms with Gasteiger partial charge in [-0.25, -0.2) is 9.97 Å². The number of hydrogen-bond donors (Lipinski definition) is 0. The molecule has 58 valence electrons.